The maximum Gasteiger partial charge on any atom is 0.252 e. The highest BCUT2D eigenvalue weighted by atomic mass is 35.5. The summed E-state index contributed by atoms with van der Waals surface area (Å²) in [6, 6.07) is 5.99. The third-order valence-corrected chi connectivity index (χ3v) is 4.94. The Kier molecular flexibility index (Phi) is 4.20. The summed E-state index contributed by atoms with van der Waals surface area (Å²) in [4.78, 5) is 12.7. The van der Waals surface area contributed by atoms with Crippen LogP contribution in [0.4, 0.5) is 0 Å². The molecule has 1 aromatic carbocycles. The Hall–Kier alpha value is -1.10. The van der Waals surface area contributed by atoms with Crippen LogP contribution < -0.4 is 10.6 Å². The molecule has 0 aromatic heterocycles. The molecular formula is C16H21ClN2O2. The van der Waals surface area contributed by atoms with Crippen LogP contribution in [0.3, 0.4) is 0 Å². The number of ether oxygens (including phenoxy) is 1. The smallest absolute Gasteiger partial charge is 0.252 e. The van der Waals surface area contributed by atoms with Gasteiger partial charge in [0.25, 0.3) is 5.91 Å². The number of hydrogen-bond acceptors (Lipinski definition) is 3. The van der Waals surface area contributed by atoms with Crippen LogP contribution in [0.15, 0.2) is 18.2 Å². The van der Waals surface area contributed by atoms with Crippen molar-refractivity contribution in [1.82, 2.24) is 10.6 Å². The van der Waals surface area contributed by atoms with Crippen LogP contribution in [0.1, 0.15) is 36.4 Å². The van der Waals surface area contributed by atoms with Crippen LogP contribution in [0.2, 0.25) is 5.02 Å². The topological polar surface area (TPSA) is 50.4 Å². The summed E-state index contributed by atoms with van der Waals surface area (Å²) in [5, 5.41) is 7.21. The van der Waals surface area contributed by atoms with E-state index in [0.29, 0.717) is 0 Å². The standard InChI is InChI=1S/C16H21ClN2O2/c1-21-16(6-8-18-9-7-16)15(20)19-14-5-2-11-10-12(17)3-4-13(11)14/h3-4,10,14,18H,2,5-9H2,1H3,(H,19,20). The molecule has 1 fully saturated rings. The fraction of sp³-hybridized carbons (Fsp3) is 0.562. The van der Waals surface area contributed by atoms with E-state index in [9.17, 15) is 4.79 Å². The molecule has 1 heterocycles. The third kappa shape index (κ3) is 2.80. The first kappa shape index (κ1) is 14.8. The second kappa shape index (κ2) is 5.95. The molecule has 3 rings (SSSR count). The Morgan fingerprint density at radius 3 is 2.90 bits per heavy atom. The number of amides is 1. The molecule has 1 aliphatic carbocycles. The number of halogens is 1. The van der Waals surface area contributed by atoms with Crippen molar-refractivity contribution in [3.63, 3.8) is 0 Å². The molecule has 1 amide bonds. The van der Waals surface area contributed by atoms with Crippen LogP contribution >= 0.6 is 11.6 Å². The molecule has 0 saturated carbocycles. The summed E-state index contributed by atoms with van der Waals surface area (Å²) in [5.74, 6) is 0.0132. The highest BCUT2D eigenvalue weighted by molar-refractivity contribution is 6.30. The van der Waals surface area contributed by atoms with Crippen molar-refractivity contribution < 1.29 is 9.53 Å². The zero-order valence-corrected chi connectivity index (χ0v) is 13.0. The molecule has 1 atom stereocenters. The van der Waals surface area contributed by atoms with Crippen LogP contribution in [0.25, 0.3) is 0 Å². The van der Waals surface area contributed by atoms with Gasteiger partial charge < -0.3 is 15.4 Å². The summed E-state index contributed by atoms with van der Waals surface area (Å²) in [7, 11) is 1.63. The molecular weight excluding hydrogens is 288 g/mol. The Morgan fingerprint density at radius 1 is 1.43 bits per heavy atom. The lowest BCUT2D eigenvalue weighted by Gasteiger charge is -2.35. The fourth-order valence-electron chi connectivity index (χ4n) is 3.38. The molecule has 1 saturated heterocycles. The molecule has 4 nitrogen and oxygen atoms in total. The predicted molar refractivity (Wildman–Crippen MR) is 82.5 cm³/mol. The number of methoxy groups -OCH3 is 1. The average molecular weight is 309 g/mol. The van der Waals surface area contributed by atoms with Crippen molar-refractivity contribution in [2.45, 2.75) is 37.3 Å². The van der Waals surface area contributed by atoms with Crippen LogP contribution in [0, 0.1) is 0 Å². The van der Waals surface area contributed by atoms with E-state index in [-0.39, 0.29) is 11.9 Å². The van der Waals surface area contributed by atoms with Crippen molar-refractivity contribution in [3.8, 4) is 0 Å². The van der Waals surface area contributed by atoms with Crippen LogP contribution in [0.5, 0.6) is 0 Å². The van der Waals surface area contributed by atoms with E-state index in [2.05, 4.69) is 10.6 Å². The molecule has 0 bridgehead atoms. The molecule has 0 spiro atoms. The van der Waals surface area contributed by atoms with E-state index in [1.807, 2.05) is 18.2 Å². The predicted octanol–water partition coefficient (Wildman–Crippen LogP) is 2.21. The van der Waals surface area contributed by atoms with E-state index >= 15 is 0 Å². The summed E-state index contributed by atoms with van der Waals surface area (Å²) in [6.45, 7) is 1.64. The molecule has 2 aliphatic rings. The second-order valence-corrected chi connectivity index (χ2v) is 6.29. The SMILES string of the molecule is COC1(C(=O)NC2CCc3cc(Cl)ccc32)CCNCC1. The van der Waals surface area contributed by atoms with Gasteiger partial charge in [0, 0.05) is 12.1 Å². The molecule has 2 N–H and O–H groups in total. The van der Waals surface area contributed by atoms with Gasteiger partial charge in [0.15, 0.2) is 0 Å². The maximum atomic E-state index is 12.7. The first-order valence-corrected chi connectivity index (χ1v) is 7.87. The van der Waals surface area contributed by atoms with Gasteiger partial charge in [0.2, 0.25) is 0 Å². The zero-order chi connectivity index (χ0) is 14.9. The van der Waals surface area contributed by atoms with E-state index in [4.69, 9.17) is 16.3 Å². The monoisotopic (exact) mass is 308 g/mol. The Balaban J connectivity index is 1.74. The van der Waals surface area contributed by atoms with E-state index < -0.39 is 5.60 Å². The summed E-state index contributed by atoms with van der Waals surface area (Å²) < 4.78 is 5.58. The van der Waals surface area contributed by atoms with Crippen LogP contribution in [-0.4, -0.2) is 31.7 Å². The minimum Gasteiger partial charge on any atom is -0.368 e. The number of nitrogens with one attached hydrogen (secondary N) is 2. The van der Waals surface area contributed by atoms with Gasteiger partial charge in [0.05, 0.1) is 6.04 Å². The van der Waals surface area contributed by atoms with Gasteiger partial charge in [0.1, 0.15) is 5.60 Å². The molecule has 0 radical (unpaired) electrons. The number of carbonyl (C=O) groups is 1. The quantitative estimate of drug-likeness (QED) is 0.900. The van der Waals surface area contributed by atoms with E-state index in [1.54, 1.807) is 7.11 Å². The van der Waals surface area contributed by atoms with E-state index in [0.717, 1.165) is 43.8 Å². The van der Waals surface area contributed by atoms with Gasteiger partial charge >= 0.3 is 0 Å². The minimum atomic E-state index is -0.680. The Bertz CT molecular complexity index is 541. The largest absolute Gasteiger partial charge is 0.368 e. The van der Waals surface area contributed by atoms with Gasteiger partial charge in [-0.3, -0.25) is 4.79 Å². The molecule has 1 unspecified atom stereocenters. The van der Waals surface area contributed by atoms with Crippen molar-refractivity contribution in [2.75, 3.05) is 20.2 Å². The lowest BCUT2D eigenvalue weighted by molar-refractivity contribution is -0.147. The van der Waals surface area contributed by atoms with Gasteiger partial charge in [-0.05, 0) is 62.0 Å². The van der Waals surface area contributed by atoms with Gasteiger partial charge in [-0.1, -0.05) is 17.7 Å². The number of benzene rings is 1. The normalized spacial score (nSPS) is 23.6. The van der Waals surface area contributed by atoms with Crippen molar-refractivity contribution in [1.29, 1.82) is 0 Å². The Morgan fingerprint density at radius 2 is 2.19 bits per heavy atom. The van der Waals surface area contributed by atoms with E-state index in [1.165, 1.54) is 11.1 Å². The number of fused-ring (bicyclic) bond motifs is 1. The minimum absolute atomic E-state index is 0.0132. The van der Waals surface area contributed by atoms with Crippen LogP contribution in [-0.2, 0) is 16.0 Å². The van der Waals surface area contributed by atoms with Gasteiger partial charge in [-0.15, -0.1) is 0 Å². The zero-order valence-electron chi connectivity index (χ0n) is 12.2. The lowest BCUT2D eigenvalue weighted by Crippen LogP contribution is -2.54. The first-order valence-electron chi connectivity index (χ1n) is 7.50. The summed E-state index contributed by atoms with van der Waals surface area (Å²) >= 11 is 6.03. The lowest BCUT2D eigenvalue weighted by atomic mass is 9.90. The van der Waals surface area contributed by atoms with Crippen molar-refractivity contribution in [3.05, 3.63) is 34.3 Å². The highest BCUT2D eigenvalue weighted by Crippen LogP contribution is 2.34. The Labute approximate surface area is 130 Å². The number of piperidine rings is 1. The fourth-order valence-corrected chi connectivity index (χ4v) is 3.58. The first-order chi connectivity index (χ1) is 10.1. The molecule has 1 aromatic rings. The van der Waals surface area contributed by atoms with Crippen molar-refractivity contribution >= 4 is 17.5 Å². The average Bonchev–Trinajstić information content (AvgIpc) is 2.90. The van der Waals surface area contributed by atoms with Gasteiger partial charge in [-0.25, -0.2) is 0 Å². The molecule has 114 valence electrons. The number of hydrogen-bond donors (Lipinski definition) is 2. The molecule has 5 heteroatoms. The summed E-state index contributed by atoms with van der Waals surface area (Å²) in [6.07, 6.45) is 3.33. The number of aryl methyl sites for hydroxylation is 1. The number of carbonyl (C=O) groups excluding carboxylic acids is 1. The highest BCUT2D eigenvalue weighted by Gasteiger charge is 2.41. The second-order valence-electron chi connectivity index (χ2n) is 5.86. The number of rotatable bonds is 3. The molecule has 1 aliphatic heterocycles. The summed E-state index contributed by atoms with van der Waals surface area (Å²) in [5.41, 5.74) is 1.75. The van der Waals surface area contributed by atoms with Gasteiger partial charge in [-0.2, -0.15) is 0 Å². The molecule has 21 heavy (non-hydrogen) atoms. The van der Waals surface area contributed by atoms with Crippen molar-refractivity contribution in [2.24, 2.45) is 0 Å². The maximum absolute atomic E-state index is 12.7. The third-order valence-electron chi connectivity index (χ3n) is 4.70.